The van der Waals surface area contributed by atoms with E-state index in [0.29, 0.717) is 24.2 Å². The maximum atomic E-state index is 6.06. The summed E-state index contributed by atoms with van der Waals surface area (Å²) in [6.45, 7) is 4.84. The van der Waals surface area contributed by atoms with Gasteiger partial charge >= 0.3 is 0 Å². The first-order valence-corrected chi connectivity index (χ1v) is 7.06. The highest BCUT2D eigenvalue weighted by atomic mass is 16.4. The summed E-state index contributed by atoms with van der Waals surface area (Å²) in [5, 5.41) is 8.25. The van der Waals surface area contributed by atoms with Crippen molar-refractivity contribution in [3.05, 3.63) is 36.2 Å². The lowest BCUT2D eigenvalue weighted by Crippen LogP contribution is -2.45. The second-order valence-corrected chi connectivity index (χ2v) is 5.66. The van der Waals surface area contributed by atoms with Crippen LogP contribution in [0.1, 0.15) is 19.2 Å². The minimum atomic E-state index is 0.246. The van der Waals surface area contributed by atoms with Crippen LogP contribution >= 0.6 is 0 Å². The maximum absolute atomic E-state index is 6.06. The number of benzene rings is 1. The summed E-state index contributed by atoms with van der Waals surface area (Å²) in [5.41, 5.74) is 7.01. The highest BCUT2D eigenvalue weighted by Crippen LogP contribution is 2.20. The zero-order valence-electron chi connectivity index (χ0n) is 11.7. The van der Waals surface area contributed by atoms with Gasteiger partial charge in [-0.2, -0.15) is 0 Å². The molecule has 0 bridgehead atoms. The Morgan fingerprint density at radius 1 is 1.25 bits per heavy atom. The average Bonchev–Trinajstić information content (AvgIpc) is 2.87. The standard InChI is InChI=1S/C15H20N4O/c1-11-7-13(16)9-19(8-11)10-14-17-18-15(20-14)12-5-3-2-4-6-12/h2-6,11,13H,7-10,16H2,1H3. The first-order chi connectivity index (χ1) is 9.70. The summed E-state index contributed by atoms with van der Waals surface area (Å²) in [5.74, 6) is 1.86. The Morgan fingerprint density at radius 2 is 2.05 bits per heavy atom. The largest absolute Gasteiger partial charge is 0.419 e. The minimum absolute atomic E-state index is 0.246. The fourth-order valence-corrected chi connectivity index (χ4v) is 2.85. The fraction of sp³-hybridized carbons (Fsp3) is 0.467. The summed E-state index contributed by atoms with van der Waals surface area (Å²) in [4.78, 5) is 2.29. The van der Waals surface area contributed by atoms with Gasteiger partial charge in [0.05, 0.1) is 6.54 Å². The van der Waals surface area contributed by atoms with Gasteiger partial charge in [-0.1, -0.05) is 25.1 Å². The van der Waals surface area contributed by atoms with Gasteiger partial charge in [-0.15, -0.1) is 10.2 Å². The summed E-state index contributed by atoms with van der Waals surface area (Å²) in [7, 11) is 0. The summed E-state index contributed by atoms with van der Waals surface area (Å²) >= 11 is 0. The van der Waals surface area contributed by atoms with Crippen LogP contribution in [-0.4, -0.2) is 34.2 Å². The normalized spacial score (nSPS) is 23.9. The van der Waals surface area contributed by atoms with E-state index in [9.17, 15) is 0 Å². The molecule has 1 aliphatic rings. The molecule has 3 rings (SSSR count). The lowest BCUT2D eigenvalue weighted by atomic mass is 9.97. The molecule has 2 aromatic rings. The van der Waals surface area contributed by atoms with E-state index < -0.39 is 0 Å². The van der Waals surface area contributed by atoms with Gasteiger partial charge in [-0.3, -0.25) is 4.90 Å². The van der Waals surface area contributed by atoms with Crippen LogP contribution in [0.25, 0.3) is 11.5 Å². The second-order valence-electron chi connectivity index (χ2n) is 5.66. The van der Waals surface area contributed by atoms with Gasteiger partial charge in [-0.05, 0) is 24.5 Å². The van der Waals surface area contributed by atoms with Crippen molar-refractivity contribution < 1.29 is 4.42 Å². The van der Waals surface area contributed by atoms with Crippen LogP contribution in [0.4, 0.5) is 0 Å². The molecule has 5 heteroatoms. The Hall–Kier alpha value is -1.72. The van der Waals surface area contributed by atoms with E-state index >= 15 is 0 Å². The highest BCUT2D eigenvalue weighted by molar-refractivity contribution is 5.51. The third kappa shape index (κ3) is 3.05. The van der Waals surface area contributed by atoms with E-state index in [4.69, 9.17) is 10.2 Å². The summed E-state index contributed by atoms with van der Waals surface area (Å²) in [6, 6.07) is 10.1. The van der Waals surface area contributed by atoms with Crippen molar-refractivity contribution in [1.29, 1.82) is 0 Å². The lowest BCUT2D eigenvalue weighted by Gasteiger charge is -2.33. The van der Waals surface area contributed by atoms with Crippen molar-refractivity contribution >= 4 is 0 Å². The minimum Gasteiger partial charge on any atom is -0.419 e. The maximum Gasteiger partial charge on any atom is 0.247 e. The van der Waals surface area contributed by atoms with Crippen molar-refractivity contribution in [2.24, 2.45) is 11.7 Å². The Balaban J connectivity index is 1.68. The molecule has 1 fully saturated rings. The molecule has 2 N–H and O–H groups in total. The smallest absolute Gasteiger partial charge is 0.247 e. The van der Waals surface area contributed by atoms with E-state index in [2.05, 4.69) is 22.0 Å². The van der Waals surface area contributed by atoms with Gasteiger partial charge in [0, 0.05) is 24.7 Å². The number of likely N-dealkylation sites (tertiary alicyclic amines) is 1. The van der Waals surface area contributed by atoms with Gasteiger partial charge < -0.3 is 10.2 Å². The molecule has 1 aromatic carbocycles. The van der Waals surface area contributed by atoms with Crippen molar-refractivity contribution in [2.45, 2.75) is 25.9 Å². The summed E-state index contributed by atoms with van der Waals surface area (Å²) in [6.07, 6.45) is 1.09. The monoisotopic (exact) mass is 272 g/mol. The van der Waals surface area contributed by atoms with Gasteiger partial charge in [0.2, 0.25) is 11.8 Å². The molecule has 0 saturated carbocycles. The number of nitrogens with zero attached hydrogens (tertiary/aromatic N) is 3. The second kappa shape index (κ2) is 5.73. The van der Waals surface area contributed by atoms with Gasteiger partial charge in [0.25, 0.3) is 0 Å². The molecule has 1 saturated heterocycles. The quantitative estimate of drug-likeness (QED) is 0.924. The molecule has 2 unspecified atom stereocenters. The highest BCUT2D eigenvalue weighted by Gasteiger charge is 2.23. The Morgan fingerprint density at radius 3 is 2.80 bits per heavy atom. The van der Waals surface area contributed by atoms with Crippen molar-refractivity contribution in [3.63, 3.8) is 0 Å². The Bertz CT molecular complexity index is 544. The molecule has 2 atom stereocenters. The molecular formula is C15H20N4O. The first-order valence-electron chi connectivity index (χ1n) is 7.06. The third-order valence-corrected chi connectivity index (χ3v) is 3.61. The van der Waals surface area contributed by atoms with E-state index in [1.165, 1.54) is 0 Å². The molecule has 0 spiro atoms. The predicted molar refractivity (Wildman–Crippen MR) is 76.8 cm³/mol. The molecule has 0 radical (unpaired) electrons. The van der Waals surface area contributed by atoms with Crippen molar-refractivity contribution in [3.8, 4) is 11.5 Å². The van der Waals surface area contributed by atoms with Gasteiger partial charge in [0.1, 0.15) is 0 Å². The number of hydrogen-bond acceptors (Lipinski definition) is 5. The number of rotatable bonds is 3. The Kier molecular flexibility index (Phi) is 3.80. The van der Waals surface area contributed by atoms with Crippen LogP contribution in [0.5, 0.6) is 0 Å². The van der Waals surface area contributed by atoms with Crippen LogP contribution in [0.3, 0.4) is 0 Å². The number of hydrogen-bond donors (Lipinski definition) is 1. The third-order valence-electron chi connectivity index (χ3n) is 3.61. The summed E-state index contributed by atoms with van der Waals surface area (Å²) < 4.78 is 5.74. The van der Waals surface area contributed by atoms with E-state index in [1.54, 1.807) is 0 Å². The van der Waals surface area contributed by atoms with E-state index in [0.717, 1.165) is 25.1 Å². The average molecular weight is 272 g/mol. The molecular weight excluding hydrogens is 252 g/mol. The predicted octanol–water partition coefficient (Wildman–Crippen LogP) is 1.91. The fourth-order valence-electron chi connectivity index (χ4n) is 2.85. The molecule has 1 aliphatic heterocycles. The van der Waals surface area contributed by atoms with Crippen LogP contribution < -0.4 is 5.73 Å². The van der Waals surface area contributed by atoms with Gasteiger partial charge in [-0.25, -0.2) is 0 Å². The van der Waals surface area contributed by atoms with E-state index in [-0.39, 0.29) is 6.04 Å². The lowest BCUT2D eigenvalue weighted by molar-refractivity contribution is 0.146. The SMILES string of the molecule is CC1CC(N)CN(Cc2nnc(-c3ccccc3)o2)C1. The zero-order chi connectivity index (χ0) is 13.9. The van der Waals surface area contributed by atoms with Crippen LogP contribution in [0.15, 0.2) is 34.7 Å². The molecule has 106 valence electrons. The van der Waals surface area contributed by atoms with Crippen LogP contribution in [0.2, 0.25) is 0 Å². The van der Waals surface area contributed by atoms with Crippen molar-refractivity contribution in [1.82, 2.24) is 15.1 Å². The Labute approximate surface area is 118 Å². The zero-order valence-corrected chi connectivity index (χ0v) is 11.7. The molecule has 5 nitrogen and oxygen atoms in total. The van der Waals surface area contributed by atoms with Gasteiger partial charge in [0.15, 0.2) is 0 Å². The van der Waals surface area contributed by atoms with Crippen LogP contribution in [0, 0.1) is 5.92 Å². The molecule has 20 heavy (non-hydrogen) atoms. The number of aromatic nitrogens is 2. The molecule has 0 amide bonds. The molecule has 0 aliphatic carbocycles. The number of piperidine rings is 1. The van der Waals surface area contributed by atoms with E-state index in [1.807, 2.05) is 30.3 Å². The molecule has 2 heterocycles. The van der Waals surface area contributed by atoms with Crippen LogP contribution in [-0.2, 0) is 6.54 Å². The topological polar surface area (TPSA) is 68.2 Å². The first kappa shape index (κ1) is 13.3. The molecule has 1 aromatic heterocycles. The number of nitrogens with two attached hydrogens (primary N) is 1. The van der Waals surface area contributed by atoms with Crippen molar-refractivity contribution in [2.75, 3.05) is 13.1 Å².